The summed E-state index contributed by atoms with van der Waals surface area (Å²) in [7, 11) is 0. The number of hydrogen-bond donors (Lipinski definition) is 2. The third kappa shape index (κ3) is 2.88. The second-order valence-electron chi connectivity index (χ2n) is 5.53. The lowest BCUT2D eigenvalue weighted by atomic mass is 10.1. The monoisotopic (exact) mass is 352 g/mol. The number of nitrogens with one attached hydrogen (secondary N) is 3. The van der Waals surface area contributed by atoms with Crippen LogP contribution in [0.15, 0.2) is 78.7 Å². The van der Waals surface area contributed by atoms with Crippen LogP contribution in [-0.2, 0) is 4.79 Å². The lowest BCUT2D eigenvalue weighted by molar-refractivity contribution is -0.382. The number of allylic oxidation sites excluding steroid dienone is 3. The lowest BCUT2D eigenvalue weighted by Gasteiger charge is -2.26. The molecule has 1 unspecified atom stereocenters. The first kappa shape index (κ1) is 15.4. The maximum Gasteiger partial charge on any atom is 0.286 e. The number of halogens is 1. The first-order valence-electron chi connectivity index (χ1n) is 7.76. The Morgan fingerprint density at radius 2 is 2.16 bits per heavy atom. The summed E-state index contributed by atoms with van der Waals surface area (Å²) in [4.78, 5) is 21.6. The van der Waals surface area contributed by atoms with Gasteiger partial charge in [-0.15, -0.1) is 0 Å². The third-order valence-electron chi connectivity index (χ3n) is 3.99. The highest BCUT2D eigenvalue weighted by atomic mass is 35.5. The molecule has 2 aliphatic heterocycles. The first-order chi connectivity index (χ1) is 12.2. The zero-order valence-electron chi connectivity index (χ0n) is 13.1. The summed E-state index contributed by atoms with van der Waals surface area (Å²) in [6.45, 7) is 0. The molecule has 0 saturated carbocycles. The normalized spacial score (nSPS) is 18.1. The molecule has 0 radical (unpaired) electrons. The molecule has 3 N–H and O–H groups in total. The Labute approximate surface area is 149 Å². The Morgan fingerprint density at radius 1 is 1.28 bits per heavy atom. The molecule has 1 atom stereocenters. The molecule has 2 aromatic rings. The number of nitrogens with zero attached hydrogens (tertiary/aromatic N) is 2. The van der Waals surface area contributed by atoms with Crippen molar-refractivity contribution in [2.24, 2.45) is 0 Å². The molecular formula is C18H15ClN5O+. The van der Waals surface area contributed by atoms with Crippen LogP contribution in [-0.4, -0.2) is 15.8 Å². The molecule has 1 aromatic heterocycles. The van der Waals surface area contributed by atoms with Gasteiger partial charge in [0.1, 0.15) is 11.9 Å². The number of carbonyl (C=O) groups excluding carboxylic acids is 1. The molecule has 7 heteroatoms. The van der Waals surface area contributed by atoms with Gasteiger partial charge in [0.25, 0.3) is 18.1 Å². The van der Waals surface area contributed by atoms with Crippen molar-refractivity contribution >= 4 is 23.3 Å². The predicted octanol–water partition coefficient (Wildman–Crippen LogP) is 2.39. The molecule has 1 amide bonds. The Hall–Kier alpha value is -3.12. The maximum atomic E-state index is 12.7. The molecule has 0 saturated heterocycles. The fourth-order valence-electron chi connectivity index (χ4n) is 2.85. The Kier molecular flexibility index (Phi) is 3.95. The van der Waals surface area contributed by atoms with Gasteiger partial charge >= 0.3 is 0 Å². The van der Waals surface area contributed by atoms with Crippen LogP contribution in [0.3, 0.4) is 0 Å². The van der Waals surface area contributed by atoms with Crippen LogP contribution in [0.5, 0.6) is 0 Å². The van der Waals surface area contributed by atoms with Gasteiger partial charge in [0.15, 0.2) is 0 Å². The second-order valence-corrected chi connectivity index (χ2v) is 5.94. The summed E-state index contributed by atoms with van der Waals surface area (Å²) in [5.74, 6) is 0.218. The minimum atomic E-state index is -0.256. The molecular weight excluding hydrogens is 338 g/mol. The number of rotatable bonds is 3. The van der Waals surface area contributed by atoms with Crippen LogP contribution < -0.4 is 15.6 Å². The molecule has 6 nitrogen and oxygen atoms in total. The second kappa shape index (κ2) is 6.41. The van der Waals surface area contributed by atoms with E-state index in [1.54, 1.807) is 12.3 Å². The molecule has 2 aliphatic rings. The highest BCUT2D eigenvalue weighted by Crippen LogP contribution is 2.36. The Balaban J connectivity index is 1.66. The average Bonchev–Trinajstić information content (AvgIpc) is 3.03. The van der Waals surface area contributed by atoms with E-state index in [1.165, 1.54) is 6.33 Å². The number of carbonyl (C=O) groups is 1. The fraction of sp³-hybridized carbons (Fsp3) is 0.0556. The number of H-pyrrole nitrogens is 1. The van der Waals surface area contributed by atoms with Crippen molar-refractivity contribution in [2.75, 3.05) is 5.32 Å². The summed E-state index contributed by atoms with van der Waals surface area (Å²) in [5, 5.41) is 6.72. The van der Waals surface area contributed by atoms with E-state index in [0.717, 1.165) is 11.3 Å². The largest absolute Gasteiger partial charge is 0.355 e. The highest BCUT2D eigenvalue weighted by Gasteiger charge is 2.35. The molecule has 4 rings (SSSR count). The van der Waals surface area contributed by atoms with Crippen LogP contribution in [0.1, 0.15) is 11.7 Å². The number of fused-ring (bicyclic) bond motifs is 1. The lowest BCUT2D eigenvalue weighted by Crippen LogP contribution is -2.28. The van der Waals surface area contributed by atoms with Crippen molar-refractivity contribution in [2.45, 2.75) is 6.17 Å². The van der Waals surface area contributed by atoms with E-state index in [9.17, 15) is 4.79 Å². The van der Waals surface area contributed by atoms with Crippen LogP contribution in [0.2, 0.25) is 5.02 Å². The van der Waals surface area contributed by atoms with Crippen molar-refractivity contribution < 1.29 is 9.78 Å². The van der Waals surface area contributed by atoms with Crippen LogP contribution in [0.25, 0.3) is 0 Å². The average molecular weight is 353 g/mol. The van der Waals surface area contributed by atoms with Gasteiger partial charge < -0.3 is 10.2 Å². The quantitative estimate of drug-likeness (QED) is 0.889. The van der Waals surface area contributed by atoms with Crippen molar-refractivity contribution in [1.29, 1.82) is 0 Å². The molecule has 1 aromatic carbocycles. The van der Waals surface area contributed by atoms with E-state index in [0.29, 0.717) is 16.5 Å². The predicted molar refractivity (Wildman–Crippen MR) is 93.9 cm³/mol. The smallest absolute Gasteiger partial charge is 0.286 e. The SMILES string of the molecule is O=C(Nc1cc[nH+]cn1)C1=C2C=CC=CN2C(c2ccccc2Cl)N1. The van der Waals surface area contributed by atoms with Crippen molar-refractivity contribution in [3.63, 3.8) is 0 Å². The van der Waals surface area contributed by atoms with E-state index in [2.05, 4.69) is 20.6 Å². The highest BCUT2D eigenvalue weighted by molar-refractivity contribution is 6.31. The van der Waals surface area contributed by atoms with Crippen molar-refractivity contribution in [3.05, 3.63) is 89.3 Å². The first-order valence-corrected chi connectivity index (χ1v) is 8.14. The van der Waals surface area contributed by atoms with Crippen molar-refractivity contribution in [1.82, 2.24) is 15.2 Å². The molecule has 0 fully saturated rings. The summed E-state index contributed by atoms with van der Waals surface area (Å²) < 4.78 is 0. The van der Waals surface area contributed by atoms with Gasteiger partial charge in [0.2, 0.25) is 0 Å². The minimum absolute atomic E-state index is 0.247. The van der Waals surface area contributed by atoms with E-state index in [-0.39, 0.29) is 12.1 Å². The van der Waals surface area contributed by atoms with Gasteiger partial charge in [-0.3, -0.25) is 15.1 Å². The zero-order chi connectivity index (χ0) is 17.2. The standard InChI is InChI=1S/C18H14ClN5O/c19-13-6-2-1-5-12(13)17-23-16(14-7-3-4-10-24(14)17)18(25)22-15-8-9-20-11-21-15/h1-11,17,23H,(H,20,21,22,25)/p+1. The fourth-order valence-corrected chi connectivity index (χ4v) is 3.09. The minimum Gasteiger partial charge on any atom is -0.355 e. The van der Waals surface area contributed by atoms with Gasteiger partial charge in [0.05, 0.1) is 11.9 Å². The van der Waals surface area contributed by atoms with Gasteiger partial charge in [0, 0.05) is 22.9 Å². The van der Waals surface area contributed by atoms with Crippen LogP contribution >= 0.6 is 11.6 Å². The van der Waals surface area contributed by atoms with Crippen LogP contribution in [0.4, 0.5) is 5.82 Å². The number of anilines is 1. The van der Waals surface area contributed by atoms with E-state index in [1.807, 2.05) is 53.6 Å². The van der Waals surface area contributed by atoms with Gasteiger partial charge in [-0.25, -0.2) is 0 Å². The summed E-state index contributed by atoms with van der Waals surface area (Å²) in [5.41, 5.74) is 2.16. The Morgan fingerprint density at radius 3 is 2.96 bits per heavy atom. The van der Waals surface area contributed by atoms with Gasteiger partial charge in [-0.05, 0) is 23.2 Å². The molecule has 0 aliphatic carbocycles. The molecule has 3 heterocycles. The molecule has 25 heavy (non-hydrogen) atoms. The Bertz CT molecular complexity index is 907. The molecule has 124 valence electrons. The third-order valence-corrected chi connectivity index (χ3v) is 4.33. The topological polar surface area (TPSA) is 71.4 Å². The molecule has 0 spiro atoms. The van der Waals surface area contributed by atoms with E-state index < -0.39 is 0 Å². The number of hydrogen-bond acceptors (Lipinski definition) is 4. The summed E-state index contributed by atoms with van der Waals surface area (Å²) in [6.07, 6.45) is 10.6. The van der Waals surface area contributed by atoms with Gasteiger partial charge in [-0.2, -0.15) is 0 Å². The summed E-state index contributed by atoms with van der Waals surface area (Å²) >= 11 is 6.35. The zero-order valence-corrected chi connectivity index (χ0v) is 13.9. The maximum absolute atomic E-state index is 12.7. The van der Waals surface area contributed by atoms with Gasteiger partial charge in [-0.1, -0.05) is 35.9 Å². The number of benzene rings is 1. The van der Waals surface area contributed by atoms with E-state index in [4.69, 9.17) is 11.6 Å². The number of amides is 1. The number of aromatic nitrogens is 2. The van der Waals surface area contributed by atoms with Crippen LogP contribution in [0, 0.1) is 0 Å². The summed E-state index contributed by atoms with van der Waals surface area (Å²) in [6, 6.07) is 9.28. The van der Waals surface area contributed by atoms with E-state index >= 15 is 0 Å². The molecule has 0 bridgehead atoms. The van der Waals surface area contributed by atoms with Crippen molar-refractivity contribution in [3.8, 4) is 0 Å². The number of aromatic amines is 1.